The fraction of sp³-hybridized carbons (Fsp3) is 0.333. The lowest BCUT2D eigenvalue weighted by Crippen LogP contribution is -2.30. The van der Waals surface area contributed by atoms with Gasteiger partial charge in [0.15, 0.2) is 0 Å². The average molecular weight is 297 g/mol. The number of para-hydroxylation sites is 1. The highest BCUT2D eigenvalue weighted by molar-refractivity contribution is 6.05. The van der Waals surface area contributed by atoms with E-state index in [1.165, 1.54) is 0 Å². The second kappa shape index (κ2) is 8.17. The third kappa shape index (κ3) is 4.07. The van der Waals surface area contributed by atoms with E-state index in [1.54, 1.807) is 11.1 Å². The minimum absolute atomic E-state index is 0.0266. The summed E-state index contributed by atoms with van der Waals surface area (Å²) in [4.78, 5) is 18.7. The Morgan fingerprint density at radius 3 is 2.50 bits per heavy atom. The van der Waals surface area contributed by atoms with Crippen LogP contribution in [0.1, 0.15) is 37.0 Å². The van der Waals surface area contributed by atoms with E-state index in [9.17, 15) is 4.79 Å². The number of unbranched alkanes of at least 4 members (excludes halogenated alkanes) is 1. The van der Waals surface area contributed by atoms with Crippen LogP contribution in [0.25, 0.3) is 0 Å². The van der Waals surface area contributed by atoms with E-state index in [-0.39, 0.29) is 5.91 Å². The summed E-state index contributed by atoms with van der Waals surface area (Å²) in [6.45, 7) is 5.65. The number of benzene rings is 1. The van der Waals surface area contributed by atoms with Gasteiger partial charge in [0.25, 0.3) is 5.91 Å². The van der Waals surface area contributed by atoms with Crippen LogP contribution in [-0.4, -0.2) is 24.0 Å². The van der Waals surface area contributed by atoms with Crippen molar-refractivity contribution in [3.05, 3.63) is 54.2 Å². The monoisotopic (exact) mass is 297 g/mol. The fourth-order valence-corrected chi connectivity index (χ4v) is 2.23. The predicted molar refractivity (Wildman–Crippen MR) is 91.4 cm³/mol. The van der Waals surface area contributed by atoms with Crippen LogP contribution in [0.3, 0.4) is 0 Å². The Bertz CT molecular complexity index is 581. The lowest BCUT2D eigenvalue weighted by molar-refractivity contribution is 0.0988. The van der Waals surface area contributed by atoms with Crippen molar-refractivity contribution in [3.63, 3.8) is 0 Å². The van der Waals surface area contributed by atoms with Crippen LogP contribution in [0.4, 0.5) is 11.5 Å². The van der Waals surface area contributed by atoms with Gasteiger partial charge in [0.2, 0.25) is 0 Å². The maximum Gasteiger partial charge on any atom is 0.259 e. The topological polar surface area (TPSA) is 45.2 Å². The number of carbonyl (C=O) groups is 1. The number of nitrogens with one attached hydrogen (secondary N) is 1. The van der Waals surface area contributed by atoms with E-state index < -0.39 is 0 Å². The molecule has 116 valence electrons. The molecule has 0 saturated carbocycles. The van der Waals surface area contributed by atoms with Crippen molar-refractivity contribution in [2.75, 3.05) is 23.3 Å². The lowest BCUT2D eigenvalue weighted by atomic mass is 10.2. The Balaban J connectivity index is 2.08. The molecule has 0 unspecified atom stereocenters. The molecule has 2 rings (SSSR count). The van der Waals surface area contributed by atoms with Crippen LogP contribution < -0.4 is 10.2 Å². The molecule has 0 saturated heterocycles. The van der Waals surface area contributed by atoms with Crippen molar-refractivity contribution < 1.29 is 4.79 Å². The molecule has 0 spiro atoms. The molecular formula is C18H23N3O. The highest BCUT2D eigenvalue weighted by Gasteiger charge is 2.16. The van der Waals surface area contributed by atoms with Gasteiger partial charge in [-0.1, -0.05) is 31.5 Å². The number of aromatic nitrogens is 1. The van der Waals surface area contributed by atoms with Gasteiger partial charge < -0.3 is 10.2 Å². The Labute approximate surface area is 132 Å². The summed E-state index contributed by atoms with van der Waals surface area (Å²) >= 11 is 0. The number of anilines is 2. The smallest absolute Gasteiger partial charge is 0.259 e. The van der Waals surface area contributed by atoms with Gasteiger partial charge in [0, 0.05) is 25.0 Å². The van der Waals surface area contributed by atoms with Gasteiger partial charge in [-0.15, -0.1) is 0 Å². The first-order valence-electron chi connectivity index (χ1n) is 7.83. The second-order valence-electron chi connectivity index (χ2n) is 5.10. The van der Waals surface area contributed by atoms with Gasteiger partial charge >= 0.3 is 0 Å². The third-order valence-electron chi connectivity index (χ3n) is 3.48. The zero-order chi connectivity index (χ0) is 15.8. The first kappa shape index (κ1) is 16.0. The van der Waals surface area contributed by atoms with Crippen LogP contribution >= 0.6 is 0 Å². The van der Waals surface area contributed by atoms with Gasteiger partial charge in [-0.05, 0) is 37.6 Å². The highest BCUT2D eigenvalue weighted by atomic mass is 16.2. The Kier molecular flexibility index (Phi) is 5.95. The molecule has 1 heterocycles. The average Bonchev–Trinajstić information content (AvgIpc) is 2.57. The van der Waals surface area contributed by atoms with Crippen LogP contribution in [-0.2, 0) is 0 Å². The molecule has 2 aromatic rings. The van der Waals surface area contributed by atoms with Crippen LogP contribution in [0, 0.1) is 0 Å². The predicted octanol–water partition coefficient (Wildman–Crippen LogP) is 3.96. The van der Waals surface area contributed by atoms with Crippen LogP contribution in [0.5, 0.6) is 0 Å². The number of carbonyl (C=O) groups excluding carboxylic acids is 1. The summed E-state index contributed by atoms with van der Waals surface area (Å²) in [7, 11) is 0. The number of rotatable bonds is 7. The SMILES string of the molecule is CCCCNc1ccc(C(=O)N(CC)c2ccccc2)cn1. The molecule has 1 amide bonds. The Hall–Kier alpha value is -2.36. The number of hydrogen-bond donors (Lipinski definition) is 1. The quantitative estimate of drug-likeness (QED) is 0.787. The summed E-state index contributed by atoms with van der Waals surface area (Å²) < 4.78 is 0. The molecule has 0 radical (unpaired) electrons. The number of pyridine rings is 1. The van der Waals surface area contributed by atoms with Gasteiger partial charge in [0.1, 0.15) is 5.82 Å². The van der Waals surface area contributed by atoms with E-state index in [4.69, 9.17) is 0 Å². The van der Waals surface area contributed by atoms with E-state index in [0.29, 0.717) is 12.1 Å². The van der Waals surface area contributed by atoms with Crippen molar-refractivity contribution in [2.24, 2.45) is 0 Å². The summed E-state index contributed by atoms with van der Waals surface area (Å²) in [5, 5.41) is 3.25. The Morgan fingerprint density at radius 1 is 1.14 bits per heavy atom. The summed E-state index contributed by atoms with van der Waals surface area (Å²) in [5.74, 6) is 0.786. The maximum absolute atomic E-state index is 12.6. The molecule has 0 fully saturated rings. The largest absolute Gasteiger partial charge is 0.370 e. The molecule has 0 atom stereocenters. The molecule has 0 bridgehead atoms. The molecule has 22 heavy (non-hydrogen) atoms. The summed E-state index contributed by atoms with van der Waals surface area (Å²) in [5.41, 5.74) is 1.51. The van der Waals surface area contributed by atoms with E-state index in [1.807, 2.05) is 49.4 Å². The number of hydrogen-bond acceptors (Lipinski definition) is 3. The molecular weight excluding hydrogens is 274 g/mol. The second-order valence-corrected chi connectivity index (χ2v) is 5.10. The number of amides is 1. The zero-order valence-corrected chi connectivity index (χ0v) is 13.2. The van der Waals surface area contributed by atoms with E-state index in [2.05, 4.69) is 17.2 Å². The normalized spacial score (nSPS) is 10.3. The highest BCUT2D eigenvalue weighted by Crippen LogP contribution is 2.17. The first-order chi connectivity index (χ1) is 10.8. The van der Waals surface area contributed by atoms with Gasteiger partial charge in [-0.25, -0.2) is 4.98 Å². The molecule has 0 aliphatic carbocycles. The minimum atomic E-state index is -0.0266. The number of nitrogens with zero attached hydrogens (tertiary/aromatic N) is 2. The lowest BCUT2D eigenvalue weighted by Gasteiger charge is -2.21. The fourth-order valence-electron chi connectivity index (χ4n) is 2.23. The minimum Gasteiger partial charge on any atom is -0.370 e. The summed E-state index contributed by atoms with van der Waals surface area (Å²) in [6, 6.07) is 13.4. The maximum atomic E-state index is 12.6. The van der Waals surface area contributed by atoms with Crippen LogP contribution in [0.15, 0.2) is 48.7 Å². The molecule has 0 aliphatic heterocycles. The van der Waals surface area contributed by atoms with Gasteiger partial charge in [-0.3, -0.25) is 4.79 Å². The van der Waals surface area contributed by atoms with Crippen molar-refractivity contribution in [1.29, 1.82) is 0 Å². The molecule has 0 aliphatic rings. The molecule has 4 nitrogen and oxygen atoms in total. The first-order valence-corrected chi connectivity index (χ1v) is 7.83. The van der Waals surface area contributed by atoms with Gasteiger partial charge in [0.05, 0.1) is 5.56 Å². The molecule has 1 aromatic heterocycles. The molecule has 1 aromatic carbocycles. The van der Waals surface area contributed by atoms with Crippen molar-refractivity contribution >= 4 is 17.4 Å². The summed E-state index contributed by atoms with van der Waals surface area (Å²) in [6.07, 6.45) is 3.90. The molecule has 1 N–H and O–H groups in total. The van der Waals surface area contributed by atoms with Gasteiger partial charge in [-0.2, -0.15) is 0 Å². The van der Waals surface area contributed by atoms with Crippen molar-refractivity contribution in [1.82, 2.24) is 4.98 Å². The standard InChI is InChI=1S/C18H23N3O/c1-3-5-13-19-17-12-11-15(14-20-17)18(22)21(4-2)16-9-7-6-8-10-16/h6-12,14H,3-5,13H2,1-2H3,(H,19,20). The van der Waals surface area contributed by atoms with Crippen LogP contribution in [0.2, 0.25) is 0 Å². The van der Waals surface area contributed by atoms with E-state index >= 15 is 0 Å². The zero-order valence-electron chi connectivity index (χ0n) is 13.2. The van der Waals surface area contributed by atoms with Crippen molar-refractivity contribution in [2.45, 2.75) is 26.7 Å². The van der Waals surface area contributed by atoms with E-state index in [0.717, 1.165) is 30.9 Å². The third-order valence-corrected chi connectivity index (χ3v) is 3.48. The van der Waals surface area contributed by atoms with Crippen molar-refractivity contribution in [3.8, 4) is 0 Å². The molecule has 4 heteroatoms. The Morgan fingerprint density at radius 2 is 1.91 bits per heavy atom.